The highest BCUT2D eigenvalue weighted by molar-refractivity contribution is 7.93. The number of nitrogens with zero attached hydrogens (tertiary/aromatic N) is 5. The predicted octanol–water partition coefficient (Wildman–Crippen LogP) is 8.17. The zero-order valence-corrected chi connectivity index (χ0v) is 42.6. The summed E-state index contributed by atoms with van der Waals surface area (Å²) in [5.74, 6) is -1.54. The predicted molar refractivity (Wildman–Crippen MR) is 255 cm³/mol. The Bertz CT molecular complexity index is 3250. The molecule has 16 nitrogen and oxygen atoms in total. The van der Waals surface area contributed by atoms with Gasteiger partial charge in [-0.25, -0.2) is 42.5 Å². The molecule has 0 aliphatic heterocycles. The summed E-state index contributed by atoms with van der Waals surface area (Å²) >= 11 is 11.9. The van der Waals surface area contributed by atoms with Gasteiger partial charge in [-0.3, -0.25) is 9.44 Å². The van der Waals surface area contributed by atoms with Crippen molar-refractivity contribution in [2.24, 2.45) is 7.05 Å². The van der Waals surface area contributed by atoms with Crippen LogP contribution in [0.1, 0.15) is 64.4 Å². The number of hydrogen-bond acceptors (Lipinski definition) is 13. The molecule has 0 saturated carbocycles. The normalized spacial score (nSPS) is 12.7. The van der Waals surface area contributed by atoms with Crippen molar-refractivity contribution in [1.29, 1.82) is 0 Å². The lowest BCUT2D eigenvalue weighted by Crippen LogP contribution is -2.16. The Balaban J connectivity index is 0.000000251. The van der Waals surface area contributed by atoms with Crippen LogP contribution in [0.5, 0.6) is 0 Å². The smallest absolute Gasteiger partial charge is 0.261 e. The van der Waals surface area contributed by atoms with Gasteiger partial charge in [-0.2, -0.15) is 0 Å². The monoisotopic (exact) mass is 1040 g/mol. The lowest BCUT2D eigenvalue weighted by molar-refractivity contribution is 0.510. The lowest BCUT2D eigenvalue weighted by Gasteiger charge is -2.19. The number of sulfone groups is 2. The molecule has 6 rings (SSSR count). The molecule has 0 radical (unpaired) electrons. The Kier molecular flexibility index (Phi) is 15.7. The molecule has 0 unspecified atom stereocenters. The Morgan fingerprint density at radius 1 is 0.597 bits per heavy atom. The van der Waals surface area contributed by atoms with E-state index in [4.69, 9.17) is 27.6 Å². The summed E-state index contributed by atoms with van der Waals surface area (Å²) in [6, 6.07) is 17.1. The molecular weight excluding hydrogens is 996 g/mol. The second kappa shape index (κ2) is 19.9. The average Bonchev–Trinajstić information content (AvgIpc) is 3.84. The molecule has 0 spiro atoms. The SMILES string of the molecule is CC(C)(C)c1ccc(S(=O)(=O)Nc2cc(F)c(Cl)cc2-c2nnc(CCS(C)(=O)=O)o2)cc1.Cn1c(CCS(C)(=O)=O)nnc1-c1cc(Cl)c(F)cc1NS(=O)(=O)c1ccc(C(C)(C)C)cc1. The van der Waals surface area contributed by atoms with Crippen molar-refractivity contribution >= 4 is 74.3 Å². The molecule has 67 heavy (non-hydrogen) atoms. The molecule has 0 fully saturated rings. The molecule has 0 aliphatic rings. The van der Waals surface area contributed by atoms with Gasteiger partial charge in [-0.1, -0.05) is 89.0 Å². The lowest BCUT2D eigenvalue weighted by atomic mass is 9.87. The Hall–Kier alpha value is -5.00. The van der Waals surface area contributed by atoms with Crippen molar-refractivity contribution in [3.63, 3.8) is 0 Å². The van der Waals surface area contributed by atoms with Crippen molar-refractivity contribution in [3.8, 4) is 22.8 Å². The second-order valence-corrected chi connectivity index (χ2v) is 26.3. The van der Waals surface area contributed by atoms with Crippen molar-refractivity contribution in [1.82, 2.24) is 25.0 Å². The molecule has 362 valence electrons. The molecule has 0 saturated heterocycles. The van der Waals surface area contributed by atoms with Gasteiger partial charge in [0.15, 0.2) is 5.82 Å². The van der Waals surface area contributed by atoms with E-state index in [-0.39, 0.29) is 95.1 Å². The van der Waals surface area contributed by atoms with Gasteiger partial charge in [0, 0.05) is 50.1 Å². The molecule has 6 aromatic rings. The van der Waals surface area contributed by atoms with Crippen LogP contribution in [0.3, 0.4) is 0 Å². The van der Waals surface area contributed by atoms with Crippen LogP contribution in [0.15, 0.2) is 87.0 Å². The average molecular weight is 1050 g/mol. The summed E-state index contributed by atoms with van der Waals surface area (Å²) in [5, 5.41) is 15.2. The van der Waals surface area contributed by atoms with Gasteiger partial charge in [0.05, 0.1) is 48.3 Å². The summed E-state index contributed by atoms with van der Waals surface area (Å²) < 4.78 is 138. The standard InChI is InChI=1S/C22H26ClFN4O4S2.C21H23ClFN3O5S2/c1-22(2,3)14-6-8-15(9-7-14)34(31,32)27-19-13-18(24)17(23)12-16(19)21-26-25-20(28(21)4)10-11-33(5,29)30;1-21(2,3)13-5-7-14(8-6-13)33(29,30)26-18-12-17(23)16(22)11-15(18)20-25-24-19(31-20)9-10-32(4,27)28/h6-9,12-13,27H,10-11H2,1-5H3;5-8,11-12,26H,9-10H2,1-4H3. The van der Waals surface area contributed by atoms with Gasteiger partial charge in [-0.15, -0.1) is 20.4 Å². The summed E-state index contributed by atoms with van der Waals surface area (Å²) in [6.45, 7) is 12.1. The molecule has 0 atom stereocenters. The van der Waals surface area contributed by atoms with E-state index in [0.717, 1.165) is 41.8 Å². The van der Waals surface area contributed by atoms with Crippen LogP contribution in [0.4, 0.5) is 20.2 Å². The fraction of sp³-hybridized carbons (Fsp3) is 0.349. The molecule has 24 heteroatoms. The summed E-state index contributed by atoms with van der Waals surface area (Å²) in [4.78, 5) is -0.00945. The third-order valence-electron chi connectivity index (χ3n) is 9.96. The maximum absolute atomic E-state index is 14.3. The van der Waals surface area contributed by atoms with E-state index in [9.17, 15) is 42.5 Å². The van der Waals surface area contributed by atoms with Crippen LogP contribution in [0.25, 0.3) is 22.8 Å². The number of sulfonamides is 2. The Morgan fingerprint density at radius 3 is 1.45 bits per heavy atom. The molecule has 0 bridgehead atoms. The summed E-state index contributed by atoms with van der Waals surface area (Å²) in [7, 11) is -13.0. The van der Waals surface area contributed by atoms with Crippen LogP contribution >= 0.6 is 23.2 Å². The highest BCUT2D eigenvalue weighted by Crippen LogP contribution is 2.36. The van der Waals surface area contributed by atoms with Gasteiger partial charge < -0.3 is 8.98 Å². The zero-order valence-electron chi connectivity index (χ0n) is 37.8. The highest BCUT2D eigenvalue weighted by atomic mass is 35.5. The Labute approximate surface area is 399 Å². The van der Waals surface area contributed by atoms with E-state index in [1.165, 1.54) is 34.9 Å². The summed E-state index contributed by atoms with van der Waals surface area (Å²) in [6.07, 6.45) is 2.27. The van der Waals surface area contributed by atoms with Gasteiger partial charge in [0.2, 0.25) is 11.8 Å². The quantitative estimate of drug-likeness (QED) is 0.105. The van der Waals surface area contributed by atoms with Crippen molar-refractivity contribution in [2.75, 3.05) is 33.5 Å². The number of hydrogen-bond donors (Lipinski definition) is 2. The van der Waals surface area contributed by atoms with Crippen LogP contribution in [0.2, 0.25) is 10.0 Å². The van der Waals surface area contributed by atoms with E-state index in [0.29, 0.717) is 5.82 Å². The summed E-state index contributed by atoms with van der Waals surface area (Å²) in [5.41, 5.74) is 1.62. The minimum atomic E-state index is -4.09. The molecule has 2 heterocycles. The molecule has 0 aliphatic carbocycles. The maximum atomic E-state index is 14.3. The van der Waals surface area contributed by atoms with Gasteiger partial charge in [0.25, 0.3) is 20.0 Å². The maximum Gasteiger partial charge on any atom is 0.261 e. The molecule has 2 N–H and O–H groups in total. The Morgan fingerprint density at radius 2 is 1.01 bits per heavy atom. The largest absolute Gasteiger partial charge is 0.421 e. The third-order valence-corrected chi connectivity index (χ3v) is 15.2. The molecule has 2 aromatic heterocycles. The highest BCUT2D eigenvalue weighted by Gasteiger charge is 2.25. The van der Waals surface area contributed by atoms with Gasteiger partial charge in [0.1, 0.15) is 37.1 Å². The fourth-order valence-corrected chi connectivity index (χ4v) is 9.69. The second-order valence-electron chi connectivity index (χ2n) is 17.6. The van der Waals surface area contributed by atoms with Crippen LogP contribution in [-0.2, 0) is 70.4 Å². The van der Waals surface area contributed by atoms with E-state index in [1.807, 2.05) is 41.5 Å². The van der Waals surface area contributed by atoms with Crippen molar-refractivity contribution < 1.29 is 46.9 Å². The third kappa shape index (κ3) is 14.0. The van der Waals surface area contributed by atoms with E-state index in [1.54, 1.807) is 31.3 Å². The zero-order chi connectivity index (χ0) is 50.1. The first-order chi connectivity index (χ1) is 30.7. The number of rotatable bonds is 14. The first-order valence-corrected chi connectivity index (χ1v) is 27.9. The van der Waals surface area contributed by atoms with E-state index < -0.39 is 51.4 Å². The van der Waals surface area contributed by atoms with Crippen LogP contribution in [0, 0.1) is 11.6 Å². The number of halogens is 4. The van der Waals surface area contributed by atoms with Gasteiger partial charge >= 0.3 is 0 Å². The molecule has 0 amide bonds. The first kappa shape index (κ1) is 53.0. The van der Waals surface area contributed by atoms with Crippen molar-refractivity contribution in [3.05, 3.63) is 117 Å². The number of aromatic nitrogens is 5. The molecular formula is C43H49Cl2F2N7O9S4. The number of benzene rings is 4. The van der Waals surface area contributed by atoms with Crippen molar-refractivity contribution in [2.45, 2.75) is 75.0 Å². The van der Waals surface area contributed by atoms with Gasteiger partial charge in [-0.05, 0) is 58.4 Å². The van der Waals surface area contributed by atoms with E-state index in [2.05, 4.69) is 29.8 Å². The number of aryl methyl sites for hydroxylation is 2. The minimum absolute atomic E-state index is 0.00798. The fourth-order valence-electron chi connectivity index (χ4n) is 6.13. The number of anilines is 2. The number of nitrogens with one attached hydrogen (secondary N) is 2. The molecule has 4 aromatic carbocycles. The van der Waals surface area contributed by atoms with Crippen LogP contribution < -0.4 is 9.44 Å². The minimum Gasteiger partial charge on any atom is -0.421 e. The van der Waals surface area contributed by atoms with Crippen LogP contribution in [-0.4, -0.2) is 82.7 Å². The first-order valence-electron chi connectivity index (χ1n) is 20.1. The topological polar surface area (TPSA) is 230 Å². The van der Waals surface area contributed by atoms with E-state index >= 15 is 0 Å².